The van der Waals surface area contributed by atoms with Gasteiger partial charge in [0.15, 0.2) is 0 Å². The Balaban J connectivity index is 2.02. The second kappa shape index (κ2) is 4.79. The maximum atomic E-state index is 9.87. The van der Waals surface area contributed by atoms with Gasteiger partial charge in [-0.25, -0.2) is 0 Å². The molecule has 2 rings (SSSR count). The van der Waals surface area contributed by atoms with E-state index in [2.05, 4.69) is 36.2 Å². The summed E-state index contributed by atoms with van der Waals surface area (Å²) in [5.41, 5.74) is 2.37. The van der Waals surface area contributed by atoms with Gasteiger partial charge in [0.1, 0.15) is 0 Å². The molecule has 2 nitrogen and oxygen atoms in total. The Kier molecular flexibility index (Phi) is 3.55. The van der Waals surface area contributed by atoms with Crippen molar-refractivity contribution in [2.24, 2.45) is 0 Å². The molecule has 1 aliphatic rings. The number of benzene rings is 1. The lowest BCUT2D eigenvalue weighted by Crippen LogP contribution is -2.44. The molecule has 0 unspecified atom stereocenters. The first-order valence-electron chi connectivity index (χ1n) is 6.45. The lowest BCUT2D eigenvalue weighted by atomic mass is 9.87. The van der Waals surface area contributed by atoms with Gasteiger partial charge in [0.05, 0.1) is 5.60 Å². The van der Waals surface area contributed by atoms with Crippen molar-refractivity contribution in [2.45, 2.75) is 44.8 Å². The summed E-state index contributed by atoms with van der Waals surface area (Å²) in [6.45, 7) is 4.49. The van der Waals surface area contributed by atoms with Gasteiger partial charge in [-0.15, -0.1) is 0 Å². The van der Waals surface area contributed by atoms with Crippen molar-refractivity contribution in [1.82, 2.24) is 4.90 Å². The van der Waals surface area contributed by atoms with Gasteiger partial charge < -0.3 is 10.0 Å². The molecule has 0 spiro atoms. The SMILES string of the molecule is CN(CC(C)(C)O)[C@@H]1CCc2ccccc2C1. The molecule has 0 saturated heterocycles. The van der Waals surface area contributed by atoms with Crippen molar-refractivity contribution >= 4 is 0 Å². The van der Waals surface area contributed by atoms with Crippen LogP contribution in [0.4, 0.5) is 0 Å². The molecule has 0 radical (unpaired) electrons. The van der Waals surface area contributed by atoms with Gasteiger partial charge >= 0.3 is 0 Å². The number of aliphatic hydroxyl groups is 1. The lowest BCUT2D eigenvalue weighted by Gasteiger charge is -2.35. The molecule has 0 saturated carbocycles. The minimum absolute atomic E-state index is 0.566. The standard InChI is InChI=1S/C15H23NO/c1-15(2,17)11-16(3)14-9-8-12-6-4-5-7-13(12)10-14/h4-7,14,17H,8-11H2,1-3H3/t14-/m1/s1. The second-order valence-corrected chi connectivity index (χ2v) is 5.89. The summed E-state index contributed by atoms with van der Waals surface area (Å²) in [5.74, 6) is 0. The van der Waals surface area contributed by atoms with Gasteiger partial charge in [0.2, 0.25) is 0 Å². The van der Waals surface area contributed by atoms with Crippen LogP contribution in [-0.4, -0.2) is 35.2 Å². The molecule has 1 aromatic rings. The van der Waals surface area contributed by atoms with E-state index in [-0.39, 0.29) is 0 Å². The Labute approximate surface area is 104 Å². The fourth-order valence-corrected chi connectivity index (χ4v) is 2.79. The number of hydrogen-bond acceptors (Lipinski definition) is 2. The molecule has 0 aromatic heterocycles. The topological polar surface area (TPSA) is 23.5 Å². The van der Waals surface area contributed by atoms with E-state index < -0.39 is 5.60 Å². The average Bonchev–Trinajstić information content (AvgIpc) is 2.26. The quantitative estimate of drug-likeness (QED) is 0.865. The highest BCUT2D eigenvalue weighted by molar-refractivity contribution is 5.30. The molecule has 0 fully saturated rings. The minimum Gasteiger partial charge on any atom is -0.389 e. The van der Waals surface area contributed by atoms with Gasteiger partial charge in [0, 0.05) is 12.6 Å². The van der Waals surface area contributed by atoms with Gasteiger partial charge in [-0.05, 0) is 51.3 Å². The van der Waals surface area contributed by atoms with Crippen LogP contribution in [0.1, 0.15) is 31.4 Å². The third-order valence-corrected chi connectivity index (χ3v) is 3.58. The molecule has 1 aromatic carbocycles. The zero-order valence-corrected chi connectivity index (χ0v) is 11.1. The van der Waals surface area contributed by atoms with E-state index in [1.165, 1.54) is 17.5 Å². The summed E-state index contributed by atoms with van der Waals surface area (Å²) in [6.07, 6.45) is 3.48. The Bertz CT molecular complexity index is 381. The summed E-state index contributed by atoms with van der Waals surface area (Å²) in [7, 11) is 2.12. The van der Waals surface area contributed by atoms with Crippen molar-refractivity contribution in [2.75, 3.05) is 13.6 Å². The molecule has 1 aliphatic carbocycles. The molecule has 94 valence electrons. The molecular weight excluding hydrogens is 210 g/mol. The Hall–Kier alpha value is -0.860. The first kappa shape index (κ1) is 12.6. The number of aryl methyl sites for hydroxylation is 1. The summed E-state index contributed by atoms with van der Waals surface area (Å²) in [4.78, 5) is 2.30. The predicted octanol–water partition coefficient (Wildman–Crippen LogP) is 2.25. The van der Waals surface area contributed by atoms with Crippen LogP contribution < -0.4 is 0 Å². The van der Waals surface area contributed by atoms with Crippen LogP contribution in [0, 0.1) is 0 Å². The molecule has 0 bridgehead atoms. The molecule has 0 heterocycles. The number of fused-ring (bicyclic) bond motifs is 1. The van der Waals surface area contributed by atoms with Crippen molar-refractivity contribution in [3.8, 4) is 0 Å². The van der Waals surface area contributed by atoms with Crippen LogP contribution in [0.5, 0.6) is 0 Å². The fourth-order valence-electron chi connectivity index (χ4n) is 2.79. The first-order chi connectivity index (χ1) is 7.96. The van der Waals surface area contributed by atoms with Crippen molar-refractivity contribution < 1.29 is 5.11 Å². The van der Waals surface area contributed by atoms with E-state index in [0.29, 0.717) is 6.04 Å². The van der Waals surface area contributed by atoms with Crippen LogP contribution in [0.15, 0.2) is 24.3 Å². The molecule has 2 heteroatoms. The summed E-state index contributed by atoms with van der Waals surface area (Å²) < 4.78 is 0. The molecule has 17 heavy (non-hydrogen) atoms. The van der Waals surface area contributed by atoms with Crippen molar-refractivity contribution in [3.63, 3.8) is 0 Å². The van der Waals surface area contributed by atoms with E-state index in [0.717, 1.165) is 19.4 Å². The molecular formula is C15H23NO. The normalized spacial score (nSPS) is 20.4. The van der Waals surface area contributed by atoms with Gasteiger partial charge in [-0.3, -0.25) is 0 Å². The third-order valence-electron chi connectivity index (χ3n) is 3.58. The van der Waals surface area contributed by atoms with Gasteiger partial charge in [-0.1, -0.05) is 24.3 Å². The van der Waals surface area contributed by atoms with Crippen LogP contribution in [0.25, 0.3) is 0 Å². The molecule has 0 amide bonds. The molecule has 0 aliphatic heterocycles. The maximum absolute atomic E-state index is 9.87. The Morgan fingerprint density at radius 2 is 1.94 bits per heavy atom. The lowest BCUT2D eigenvalue weighted by molar-refractivity contribution is 0.0291. The largest absolute Gasteiger partial charge is 0.389 e. The van der Waals surface area contributed by atoms with E-state index in [1.54, 1.807) is 0 Å². The van der Waals surface area contributed by atoms with Gasteiger partial charge in [0.25, 0.3) is 0 Å². The Morgan fingerprint density at radius 1 is 1.29 bits per heavy atom. The summed E-state index contributed by atoms with van der Waals surface area (Å²) in [5, 5.41) is 9.87. The summed E-state index contributed by atoms with van der Waals surface area (Å²) >= 11 is 0. The highest BCUT2D eigenvalue weighted by Gasteiger charge is 2.25. The fraction of sp³-hybridized carbons (Fsp3) is 0.600. The van der Waals surface area contributed by atoms with Crippen molar-refractivity contribution in [1.29, 1.82) is 0 Å². The summed E-state index contributed by atoms with van der Waals surface area (Å²) in [6, 6.07) is 9.29. The Morgan fingerprint density at radius 3 is 2.59 bits per heavy atom. The van der Waals surface area contributed by atoms with E-state index in [4.69, 9.17) is 0 Å². The first-order valence-corrected chi connectivity index (χ1v) is 6.45. The zero-order valence-electron chi connectivity index (χ0n) is 11.1. The predicted molar refractivity (Wildman–Crippen MR) is 71.2 cm³/mol. The smallest absolute Gasteiger partial charge is 0.0718 e. The number of likely N-dealkylation sites (N-methyl/N-ethyl adjacent to an activating group) is 1. The number of nitrogens with zero attached hydrogens (tertiary/aromatic N) is 1. The molecule has 1 N–H and O–H groups in total. The van der Waals surface area contributed by atoms with Crippen LogP contribution in [-0.2, 0) is 12.8 Å². The second-order valence-electron chi connectivity index (χ2n) is 5.89. The third kappa shape index (κ3) is 3.30. The molecule has 1 atom stereocenters. The highest BCUT2D eigenvalue weighted by atomic mass is 16.3. The van der Waals surface area contributed by atoms with E-state index >= 15 is 0 Å². The zero-order chi connectivity index (χ0) is 12.5. The van der Waals surface area contributed by atoms with Crippen LogP contribution in [0.3, 0.4) is 0 Å². The monoisotopic (exact) mass is 233 g/mol. The van der Waals surface area contributed by atoms with E-state index in [1.807, 2.05) is 13.8 Å². The van der Waals surface area contributed by atoms with Crippen molar-refractivity contribution in [3.05, 3.63) is 35.4 Å². The highest BCUT2D eigenvalue weighted by Crippen LogP contribution is 2.24. The number of hydrogen-bond donors (Lipinski definition) is 1. The van der Waals surface area contributed by atoms with Gasteiger partial charge in [-0.2, -0.15) is 0 Å². The average molecular weight is 233 g/mol. The maximum Gasteiger partial charge on any atom is 0.0718 e. The van der Waals surface area contributed by atoms with E-state index in [9.17, 15) is 5.11 Å². The van der Waals surface area contributed by atoms with Crippen LogP contribution in [0.2, 0.25) is 0 Å². The minimum atomic E-state index is -0.605. The van der Waals surface area contributed by atoms with Crippen LogP contribution >= 0.6 is 0 Å². The number of rotatable bonds is 3.